The minimum Gasteiger partial charge on any atom is 0 e. The van der Waals surface area contributed by atoms with E-state index in [4.69, 9.17) is 0 Å². The van der Waals surface area contributed by atoms with Gasteiger partial charge < -0.3 is 0 Å². The summed E-state index contributed by atoms with van der Waals surface area (Å²) in [6, 6.07) is 0. The third kappa shape index (κ3) is 8.95. The molecule has 0 amide bonds. The Hall–Kier alpha value is 2.07. The van der Waals surface area contributed by atoms with Crippen LogP contribution in [-0.4, -0.2) is 38.0 Å². The van der Waals surface area contributed by atoms with E-state index in [2.05, 4.69) is 0 Å². The maximum absolute atomic E-state index is 0. The van der Waals surface area contributed by atoms with Gasteiger partial charge in [-0.15, -0.1) is 12.4 Å². The van der Waals surface area contributed by atoms with Crippen molar-refractivity contribution in [2.24, 2.45) is 0 Å². The van der Waals surface area contributed by atoms with Crippen molar-refractivity contribution in [1.29, 1.82) is 0 Å². The zero-order valence-corrected chi connectivity index (χ0v) is 3.29. The van der Waals surface area contributed by atoms with Gasteiger partial charge in [0.05, 0.1) is 8.41 Å². The standard InChI is InChI=1S/BH3.ClH.Na.Ti.H/h1H3;1H;;;. The van der Waals surface area contributed by atoms with E-state index in [0.717, 1.165) is 0 Å². The van der Waals surface area contributed by atoms with Gasteiger partial charge in [0.2, 0.25) is 0 Å². The topological polar surface area (TPSA) is 0 Å². The average molecular weight is 122 g/mol. The summed E-state index contributed by atoms with van der Waals surface area (Å²) in [6.07, 6.45) is 0. The normalized spacial score (nSPS) is 0. The van der Waals surface area contributed by atoms with E-state index in [1.54, 1.807) is 0 Å². The maximum atomic E-state index is 0. The predicted molar refractivity (Wildman–Crippen MR) is 24.3 cm³/mol. The maximum Gasteiger partial charge on any atom is 0 e. The predicted octanol–water partition coefficient (Wildman–Crippen LogP) is -1.41. The summed E-state index contributed by atoms with van der Waals surface area (Å²) in [4.78, 5) is 0. The van der Waals surface area contributed by atoms with Crippen LogP contribution in [0.15, 0.2) is 0 Å². The molecule has 20 valence electrons. The Morgan fingerprint density at radius 3 is 1.00 bits per heavy atom. The van der Waals surface area contributed by atoms with Gasteiger partial charge in [0, 0.05) is 21.7 Å². The number of halogens is 1. The van der Waals surface area contributed by atoms with E-state index in [0.29, 0.717) is 0 Å². The molecule has 0 aliphatic heterocycles. The molecule has 0 aromatic carbocycles. The van der Waals surface area contributed by atoms with Crippen molar-refractivity contribution in [2.45, 2.75) is 0 Å². The van der Waals surface area contributed by atoms with Crippen molar-refractivity contribution in [1.82, 2.24) is 0 Å². The van der Waals surface area contributed by atoms with E-state index >= 15 is 0 Å². The minimum absolute atomic E-state index is 0. The molecule has 0 bridgehead atoms. The molecule has 0 fully saturated rings. The van der Waals surface area contributed by atoms with Crippen LogP contribution in [0.1, 0.15) is 0 Å². The Bertz CT molecular complexity index is 8.00. The van der Waals surface area contributed by atoms with E-state index in [1.165, 1.54) is 0 Å². The fraction of sp³-hybridized carbons (Fsp3) is 0. The van der Waals surface area contributed by atoms with Crippen LogP contribution < -0.4 is 0 Å². The Balaban J connectivity index is 0. The van der Waals surface area contributed by atoms with Crippen LogP contribution in [0.3, 0.4) is 0 Å². The second-order valence-electron chi connectivity index (χ2n) is 0. The van der Waals surface area contributed by atoms with E-state index in [9.17, 15) is 0 Å². The van der Waals surface area contributed by atoms with Gasteiger partial charge in [-0.05, 0) is 0 Å². The molecule has 0 aromatic rings. The fourth-order valence-electron chi connectivity index (χ4n) is 0. The SMILES string of the molecule is B.Cl.[NaH].[Ti]. The van der Waals surface area contributed by atoms with Crippen molar-refractivity contribution >= 4 is 50.4 Å². The molecular formula is H5BClNaTi. The summed E-state index contributed by atoms with van der Waals surface area (Å²) in [5, 5.41) is 0. The molecule has 0 spiro atoms. The van der Waals surface area contributed by atoms with Gasteiger partial charge in [-0.3, -0.25) is 0 Å². The molecule has 0 rings (SSSR count). The molecule has 0 saturated carbocycles. The first-order valence-corrected chi connectivity index (χ1v) is 0. The quantitative estimate of drug-likeness (QED) is 0.346. The molecule has 4 heavy (non-hydrogen) atoms. The summed E-state index contributed by atoms with van der Waals surface area (Å²) >= 11 is 0. The van der Waals surface area contributed by atoms with Gasteiger partial charge in [-0.1, -0.05) is 0 Å². The van der Waals surface area contributed by atoms with Crippen LogP contribution in [0.4, 0.5) is 0 Å². The van der Waals surface area contributed by atoms with Gasteiger partial charge in [-0.25, -0.2) is 0 Å². The van der Waals surface area contributed by atoms with Crippen LogP contribution in [0.5, 0.6) is 0 Å². The molecular weight excluding hydrogens is 117 g/mol. The summed E-state index contributed by atoms with van der Waals surface area (Å²) in [5.74, 6) is 0. The summed E-state index contributed by atoms with van der Waals surface area (Å²) in [5.41, 5.74) is 0. The molecule has 0 unspecified atom stereocenters. The van der Waals surface area contributed by atoms with E-state index < -0.39 is 0 Å². The average Bonchev–Trinajstić information content (AvgIpc) is 0. The third-order valence-electron chi connectivity index (χ3n) is 0. The number of hydrogen-bond donors (Lipinski definition) is 0. The molecule has 0 radical (unpaired) electrons. The van der Waals surface area contributed by atoms with Gasteiger partial charge in [0.15, 0.2) is 0 Å². The smallest absolute Gasteiger partial charge is 0 e. The van der Waals surface area contributed by atoms with Gasteiger partial charge in [0.25, 0.3) is 0 Å². The Morgan fingerprint density at radius 1 is 1.00 bits per heavy atom. The zero-order chi connectivity index (χ0) is 0. The van der Waals surface area contributed by atoms with E-state index in [1.807, 2.05) is 0 Å². The second-order valence-corrected chi connectivity index (χ2v) is 0. The second kappa shape index (κ2) is 19.6. The molecule has 0 N–H and O–H groups in total. The molecule has 0 aromatic heterocycles. The van der Waals surface area contributed by atoms with Crippen LogP contribution in [0, 0.1) is 0 Å². The molecule has 4 heteroatoms. The van der Waals surface area contributed by atoms with Crippen molar-refractivity contribution in [3.05, 3.63) is 0 Å². The Kier molecular flexibility index (Phi) is 179. The first-order chi connectivity index (χ1) is 0. The summed E-state index contributed by atoms with van der Waals surface area (Å²) in [7, 11) is 0. The molecule has 0 atom stereocenters. The van der Waals surface area contributed by atoms with E-state index in [-0.39, 0.29) is 72.1 Å². The molecule has 0 saturated heterocycles. The van der Waals surface area contributed by atoms with Crippen molar-refractivity contribution in [2.75, 3.05) is 0 Å². The zero-order valence-electron chi connectivity index (χ0n) is 0.908. The molecule has 0 aliphatic carbocycles. The molecule has 0 nitrogen and oxygen atoms in total. The van der Waals surface area contributed by atoms with Gasteiger partial charge in [-0.2, -0.15) is 0 Å². The van der Waals surface area contributed by atoms with Crippen molar-refractivity contribution < 1.29 is 21.7 Å². The first-order valence-electron chi connectivity index (χ1n) is 0. The van der Waals surface area contributed by atoms with Crippen molar-refractivity contribution in [3.8, 4) is 0 Å². The molecule has 0 heterocycles. The number of hydrogen-bond acceptors (Lipinski definition) is 0. The van der Waals surface area contributed by atoms with Crippen LogP contribution in [-0.2, 0) is 21.7 Å². The first kappa shape index (κ1) is 36.4. The van der Waals surface area contributed by atoms with Crippen LogP contribution in [0.25, 0.3) is 0 Å². The van der Waals surface area contributed by atoms with Crippen molar-refractivity contribution in [3.63, 3.8) is 0 Å². The summed E-state index contributed by atoms with van der Waals surface area (Å²) in [6.45, 7) is 0. The Labute approximate surface area is 71.3 Å². The minimum atomic E-state index is 0. The summed E-state index contributed by atoms with van der Waals surface area (Å²) < 4.78 is 0. The Morgan fingerprint density at radius 2 is 1.00 bits per heavy atom. The van der Waals surface area contributed by atoms with Gasteiger partial charge >= 0.3 is 29.6 Å². The molecule has 0 aliphatic rings. The number of rotatable bonds is 0. The third-order valence-corrected chi connectivity index (χ3v) is 0. The van der Waals surface area contributed by atoms with Crippen LogP contribution in [0.2, 0.25) is 0 Å². The van der Waals surface area contributed by atoms with Gasteiger partial charge in [0.1, 0.15) is 0 Å². The monoisotopic (exact) mass is 122 g/mol. The largest absolute Gasteiger partial charge is 0 e. The fourth-order valence-corrected chi connectivity index (χ4v) is 0. The van der Waals surface area contributed by atoms with Crippen LogP contribution >= 0.6 is 12.4 Å².